The van der Waals surface area contributed by atoms with Gasteiger partial charge in [0.05, 0.1) is 51.5 Å². The van der Waals surface area contributed by atoms with Gasteiger partial charge in [-0.3, -0.25) is 9.59 Å². The van der Waals surface area contributed by atoms with Crippen LogP contribution in [0, 0.1) is 18.6 Å². The third kappa shape index (κ3) is 9.00. The zero-order valence-corrected chi connectivity index (χ0v) is 27.3. The van der Waals surface area contributed by atoms with Gasteiger partial charge in [-0.2, -0.15) is 13.2 Å². The van der Waals surface area contributed by atoms with Gasteiger partial charge in [0.2, 0.25) is 5.91 Å². The summed E-state index contributed by atoms with van der Waals surface area (Å²) in [6.07, 6.45) is -14.8. The van der Waals surface area contributed by atoms with E-state index in [9.17, 15) is 24.8 Å². The second kappa shape index (κ2) is 16.7. The predicted molar refractivity (Wildman–Crippen MR) is 198 cm³/mol. The largest absolute Gasteiger partial charge is 0.416 e. The van der Waals surface area contributed by atoms with Crippen LogP contribution in [0.3, 0.4) is 0 Å². The van der Waals surface area contributed by atoms with Gasteiger partial charge in [-0.05, 0) is 66.1 Å². The van der Waals surface area contributed by atoms with Crippen molar-refractivity contribution in [3.8, 4) is 11.1 Å². The molecule has 0 atom stereocenters. The summed E-state index contributed by atoms with van der Waals surface area (Å²) in [5, 5.41) is -2.68. The van der Waals surface area contributed by atoms with E-state index in [1.54, 1.807) is 0 Å². The first-order valence-corrected chi connectivity index (χ1v) is 15.3. The number of thioether (sulfide) groups is 1. The normalized spacial score (nSPS) is 27.8. The molecular weight excluding hydrogens is 710 g/mol. The fraction of sp³-hybridized carbons (Fsp3) is 0.317. The van der Waals surface area contributed by atoms with Crippen LogP contribution in [-0.2, 0) is 34.5 Å². The Kier molecular flexibility index (Phi) is 4.81. The summed E-state index contributed by atoms with van der Waals surface area (Å²) in [6, 6.07) is -26.5. The van der Waals surface area contributed by atoms with Crippen molar-refractivity contribution in [2.75, 3.05) is 33.1 Å². The highest BCUT2D eigenvalue weighted by atomic mass is 32.2. The lowest BCUT2D eigenvalue weighted by atomic mass is 9.98. The van der Waals surface area contributed by atoms with E-state index in [0.717, 1.165) is 0 Å². The highest BCUT2D eigenvalue weighted by Crippen LogP contribution is 2.34. The first-order chi connectivity index (χ1) is 37.7. The maximum absolute atomic E-state index is 15.7. The van der Waals surface area contributed by atoms with Gasteiger partial charge in [0.25, 0.3) is 0 Å². The number of likely N-dealkylation sites (tertiary alicyclic amines) is 1. The molecule has 6 rings (SSSR count). The molecular formula is C41H40F5N3O3S. The predicted octanol–water partition coefficient (Wildman–Crippen LogP) is 8.71. The summed E-state index contributed by atoms with van der Waals surface area (Å²) < 4.78 is 345. The number of ether oxygens (including phenoxy) is 1. The van der Waals surface area contributed by atoms with Gasteiger partial charge in [-0.1, -0.05) is 60.4 Å². The smallest absolute Gasteiger partial charge is 0.383 e. The highest BCUT2D eigenvalue weighted by Gasteiger charge is 2.32. The molecule has 0 aliphatic carbocycles. The molecule has 1 saturated heterocycles. The summed E-state index contributed by atoms with van der Waals surface area (Å²) in [5.74, 6) is -6.80. The molecule has 0 N–H and O–H groups in total. The van der Waals surface area contributed by atoms with Gasteiger partial charge in [0.15, 0.2) is 17.1 Å². The summed E-state index contributed by atoms with van der Waals surface area (Å²) in [5.41, 5.74) is -15.1. The van der Waals surface area contributed by atoms with Crippen LogP contribution >= 0.6 is 11.8 Å². The Balaban J connectivity index is 1.76. The Morgan fingerprint density at radius 2 is 1.77 bits per heavy atom. The van der Waals surface area contributed by atoms with Crippen LogP contribution in [0.2, 0.25) is 0 Å². The number of carbonyl (C=O) groups is 1. The van der Waals surface area contributed by atoms with E-state index in [1.165, 1.54) is 0 Å². The molecule has 5 aromatic rings. The van der Waals surface area contributed by atoms with Crippen molar-refractivity contribution in [1.82, 2.24) is 14.4 Å². The number of piperidine rings is 1. The minimum Gasteiger partial charge on any atom is -0.383 e. The van der Waals surface area contributed by atoms with Gasteiger partial charge in [-0.25, -0.2) is 8.78 Å². The van der Waals surface area contributed by atoms with E-state index < -0.39 is 261 Å². The first-order valence-electron chi connectivity index (χ1n) is 30.0. The molecule has 6 nitrogen and oxygen atoms in total. The number of amides is 1. The fourth-order valence-electron chi connectivity index (χ4n) is 4.50. The molecule has 1 aromatic heterocycles. The van der Waals surface area contributed by atoms with Crippen LogP contribution in [0.15, 0.2) is 100 Å². The van der Waals surface area contributed by atoms with Crippen molar-refractivity contribution in [2.45, 2.75) is 55.7 Å². The number of hydrogen-bond donors (Lipinski definition) is 0. The van der Waals surface area contributed by atoms with Gasteiger partial charge in [0, 0.05) is 75.5 Å². The molecule has 0 saturated carbocycles. The van der Waals surface area contributed by atoms with Crippen molar-refractivity contribution >= 4 is 28.6 Å². The topological polar surface area (TPSA) is 54.8 Å². The van der Waals surface area contributed by atoms with E-state index in [0.29, 0.717) is 6.92 Å². The highest BCUT2D eigenvalue weighted by molar-refractivity contribution is 7.98. The molecule has 12 heteroatoms. The zero-order valence-electron chi connectivity index (χ0n) is 57.5. The molecule has 0 spiro atoms. The molecule has 53 heavy (non-hydrogen) atoms. The summed E-state index contributed by atoms with van der Waals surface area (Å²) in [7, 11) is -3.72. The second-order valence-corrected chi connectivity index (χ2v) is 11.2. The van der Waals surface area contributed by atoms with Crippen molar-refractivity contribution in [3.05, 3.63) is 135 Å². The third-order valence-corrected chi connectivity index (χ3v) is 7.78. The zero-order chi connectivity index (χ0) is 64.9. The number of carbonyl (C=O) groups excluding carboxylic acids is 1. The number of aromatic nitrogens is 1. The van der Waals surface area contributed by atoms with Crippen LogP contribution in [0.5, 0.6) is 0 Å². The number of pyridine rings is 1. The van der Waals surface area contributed by atoms with E-state index >= 15 is 13.6 Å². The number of hydrogen-bond acceptors (Lipinski definition) is 5. The van der Waals surface area contributed by atoms with Crippen molar-refractivity contribution in [2.24, 2.45) is 0 Å². The lowest BCUT2D eigenvalue weighted by Gasteiger charge is -2.39. The molecule has 1 aliphatic rings. The SMILES string of the molecule is [2H]c1c([2H])c(F)c(F)c(C([2H])([2H])Sc2c([2H])c(=O)c3c([2H])c([2H])c([2H])c([2H])c3n2CC(=O)N(Cc2c([2H])c([2H])c(-c3c([2H])c([2H])c(C(F)(F)F)c(C)c3[2H])c([2H])c2[2H])C2([2H])C([2H])([2H])C([2H])([2H])N(CC([2H])([2H])OC([2H])([2H])[2H])C([2H])([2H])C2([2H])[2H])c1[2H]. The average Bonchev–Trinajstić information content (AvgIpc) is 0.680. The molecule has 2 heterocycles. The number of rotatable bonds is 12. The average molecular weight is 781 g/mol. The van der Waals surface area contributed by atoms with Crippen LogP contribution in [0.25, 0.3) is 22.0 Å². The molecule has 1 fully saturated rings. The Labute approximate surface area is 352 Å². The van der Waals surface area contributed by atoms with E-state index in [-0.39, 0.29) is 4.57 Å². The molecule has 1 aliphatic heterocycles. The van der Waals surface area contributed by atoms with Crippen molar-refractivity contribution < 1.29 is 74.0 Å². The Bertz CT molecular complexity index is 3570. The van der Waals surface area contributed by atoms with E-state index in [4.69, 9.17) is 35.6 Å². The molecule has 1 amide bonds. The summed E-state index contributed by atoms with van der Waals surface area (Å²) in [6.45, 7) is -18.3. The number of fused-ring (bicyclic) bond motifs is 1. The third-order valence-electron chi connectivity index (χ3n) is 6.96. The van der Waals surface area contributed by atoms with Gasteiger partial charge >= 0.3 is 6.18 Å². The van der Waals surface area contributed by atoms with Gasteiger partial charge in [0.1, 0.15) is 6.54 Å². The summed E-state index contributed by atoms with van der Waals surface area (Å²) >= 11 is -0.638. The van der Waals surface area contributed by atoms with Crippen molar-refractivity contribution in [3.63, 3.8) is 0 Å². The van der Waals surface area contributed by atoms with Gasteiger partial charge in [-0.15, -0.1) is 11.8 Å². The Morgan fingerprint density at radius 3 is 2.51 bits per heavy atom. The lowest BCUT2D eigenvalue weighted by Crippen LogP contribution is -2.48. The number of para-hydroxylation sites is 1. The monoisotopic (exact) mass is 780 g/mol. The molecule has 0 bridgehead atoms. The van der Waals surface area contributed by atoms with E-state index in [1.807, 2.05) is 0 Å². The molecule has 0 unspecified atom stereocenters. The Morgan fingerprint density at radius 1 is 1.04 bits per heavy atom. The standard InChI is InChI=1S/C41H40F5N3O3S/c1-27-22-30(14-15-34(27)41(44,45)46)29-12-10-28(11-13-29)24-48(32-16-18-47(19-17-32)20-21-52-2)38(51)25-49-36-9-4-3-7-33(36)37(50)23-39(49)53-26-31-6-5-8-35(42)40(31)43/h3-15,22-23,32H,16-21,24-26H2,1-2H3/i2D3,3D,4D,5D,6D,7D,8D,9D,10D,11D,12D,13D,14D,15D,16D2,17D2,18D2,19D2,21D2,22D,23D,26D2,32D. The first kappa shape index (κ1) is 15.3. The maximum Gasteiger partial charge on any atom is 0.416 e. The lowest BCUT2D eigenvalue weighted by molar-refractivity contribution is -0.138. The Hall–Kier alpha value is -4.52. The molecule has 0 radical (unpaired) electrons. The van der Waals surface area contributed by atoms with Crippen LogP contribution in [0.1, 0.15) is 77.5 Å². The van der Waals surface area contributed by atoms with Crippen LogP contribution in [-0.4, -0.2) is 59.4 Å². The minimum absolute atomic E-state index is 0.0792. The van der Waals surface area contributed by atoms with Crippen molar-refractivity contribution in [1.29, 1.82) is 0 Å². The maximum atomic E-state index is 15.7. The fourth-order valence-corrected chi connectivity index (χ4v) is 5.25. The second-order valence-electron chi connectivity index (χ2n) is 10.4. The quantitative estimate of drug-likeness (QED) is 0.0938. The van der Waals surface area contributed by atoms with Gasteiger partial charge < -0.3 is 19.1 Å². The number of methoxy groups -OCH3 is 1. The number of halogens is 5. The van der Waals surface area contributed by atoms with Crippen LogP contribution < -0.4 is 5.43 Å². The number of benzene rings is 4. The summed E-state index contributed by atoms with van der Waals surface area (Å²) in [4.78, 5) is 28.6. The number of nitrogens with zero attached hydrogens (tertiary/aromatic N) is 3. The molecule has 4 aromatic carbocycles. The minimum atomic E-state index is -5.38. The number of alkyl halides is 3. The van der Waals surface area contributed by atoms with Crippen LogP contribution in [0.4, 0.5) is 22.0 Å². The van der Waals surface area contributed by atoms with E-state index in [2.05, 4.69) is 4.74 Å². The molecule has 278 valence electrons.